The van der Waals surface area contributed by atoms with Crippen LogP contribution in [0.5, 0.6) is 0 Å². The Bertz CT molecular complexity index is 931. The van der Waals surface area contributed by atoms with E-state index in [-0.39, 0.29) is 17.9 Å². The summed E-state index contributed by atoms with van der Waals surface area (Å²) in [5, 5.41) is 14.5. The van der Waals surface area contributed by atoms with Gasteiger partial charge in [-0.3, -0.25) is 9.89 Å². The maximum atomic E-state index is 12.8. The summed E-state index contributed by atoms with van der Waals surface area (Å²) < 4.78 is 5.24. The van der Waals surface area contributed by atoms with Crippen molar-refractivity contribution in [2.45, 2.75) is 39.7 Å². The fourth-order valence-corrected chi connectivity index (χ4v) is 2.78. The van der Waals surface area contributed by atoms with E-state index in [9.17, 15) is 4.79 Å². The molecule has 0 radical (unpaired) electrons. The lowest BCUT2D eigenvalue weighted by Gasteiger charge is -2.11. The van der Waals surface area contributed by atoms with E-state index < -0.39 is 0 Å². The van der Waals surface area contributed by atoms with Gasteiger partial charge in [0.2, 0.25) is 0 Å². The molecule has 8 heteroatoms. The Morgan fingerprint density at radius 1 is 1.27 bits per heavy atom. The predicted molar refractivity (Wildman–Crippen MR) is 98.0 cm³/mol. The monoisotopic (exact) mass is 373 g/mol. The molecule has 0 spiro atoms. The number of H-pyrrole nitrogens is 1. The van der Waals surface area contributed by atoms with Crippen molar-refractivity contribution in [3.63, 3.8) is 0 Å². The summed E-state index contributed by atoms with van der Waals surface area (Å²) in [6.07, 6.45) is 0. The van der Waals surface area contributed by atoms with Gasteiger partial charge in [0.05, 0.1) is 11.1 Å². The van der Waals surface area contributed by atoms with Crippen LogP contribution in [0, 0.1) is 6.92 Å². The van der Waals surface area contributed by atoms with Crippen LogP contribution in [0.1, 0.15) is 60.5 Å². The third-order valence-corrected chi connectivity index (χ3v) is 4.34. The highest BCUT2D eigenvalue weighted by Crippen LogP contribution is 2.31. The molecule has 3 rings (SSSR count). The highest BCUT2D eigenvalue weighted by molar-refractivity contribution is 6.33. The van der Waals surface area contributed by atoms with E-state index in [1.54, 1.807) is 19.1 Å². The summed E-state index contributed by atoms with van der Waals surface area (Å²) in [6, 6.07) is 6.84. The van der Waals surface area contributed by atoms with Crippen LogP contribution in [0.4, 0.5) is 0 Å². The van der Waals surface area contributed by atoms with Crippen molar-refractivity contribution in [3.05, 3.63) is 52.3 Å². The number of nitrogens with zero attached hydrogens (tertiary/aromatic N) is 3. The largest absolute Gasteiger partial charge is 0.360 e. The third-order valence-electron chi connectivity index (χ3n) is 4.01. The molecule has 0 fully saturated rings. The van der Waals surface area contributed by atoms with Gasteiger partial charge < -0.3 is 9.84 Å². The zero-order valence-corrected chi connectivity index (χ0v) is 15.8. The standard InChI is InChI=1S/C18H20ClN5O2/c1-9(2)16-21-17(23-22-16)10(3)20-18(25)14-11(4)26-24-15(14)12-7-5-6-8-13(12)19/h5-10H,1-4H3,(H,20,25)(H,21,22,23). The lowest BCUT2D eigenvalue weighted by molar-refractivity contribution is 0.0937. The number of aromatic amines is 1. The van der Waals surface area contributed by atoms with Crippen molar-refractivity contribution < 1.29 is 9.32 Å². The summed E-state index contributed by atoms with van der Waals surface area (Å²) in [6.45, 7) is 7.54. The average Bonchev–Trinajstić information content (AvgIpc) is 3.22. The molecule has 2 heterocycles. The number of rotatable bonds is 5. The van der Waals surface area contributed by atoms with E-state index in [4.69, 9.17) is 16.1 Å². The number of carbonyl (C=O) groups excluding carboxylic acids is 1. The van der Waals surface area contributed by atoms with E-state index in [1.807, 2.05) is 32.9 Å². The second-order valence-corrected chi connectivity index (χ2v) is 6.78. The van der Waals surface area contributed by atoms with E-state index in [0.29, 0.717) is 39.3 Å². The molecule has 0 aliphatic carbocycles. The molecular weight excluding hydrogens is 354 g/mol. The maximum Gasteiger partial charge on any atom is 0.257 e. The van der Waals surface area contributed by atoms with Crippen LogP contribution < -0.4 is 5.32 Å². The van der Waals surface area contributed by atoms with Crippen molar-refractivity contribution in [1.29, 1.82) is 0 Å². The Balaban J connectivity index is 1.86. The topological polar surface area (TPSA) is 96.7 Å². The van der Waals surface area contributed by atoms with Crippen LogP contribution >= 0.6 is 11.6 Å². The van der Waals surface area contributed by atoms with Gasteiger partial charge in [-0.1, -0.05) is 48.8 Å². The SMILES string of the molecule is Cc1onc(-c2ccccc2Cl)c1C(=O)NC(C)c1nc(C(C)C)n[nH]1. The van der Waals surface area contributed by atoms with Crippen LogP contribution in [0.3, 0.4) is 0 Å². The first kappa shape index (κ1) is 18.1. The first-order valence-corrected chi connectivity index (χ1v) is 8.70. The van der Waals surface area contributed by atoms with Crippen LogP contribution in [-0.2, 0) is 0 Å². The number of halogens is 1. The summed E-state index contributed by atoms with van der Waals surface area (Å²) in [5.41, 5.74) is 1.41. The summed E-state index contributed by atoms with van der Waals surface area (Å²) in [4.78, 5) is 17.3. The molecule has 136 valence electrons. The van der Waals surface area contributed by atoms with Crippen molar-refractivity contribution in [2.75, 3.05) is 0 Å². The van der Waals surface area contributed by atoms with Crippen molar-refractivity contribution in [3.8, 4) is 11.3 Å². The zero-order valence-electron chi connectivity index (χ0n) is 15.0. The van der Waals surface area contributed by atoms with Crippen LogP contribution in [-0.4, -0.2) is 26.2 Å². The number of benzene rings is 1. The molecule has 1 atom stereocenters. The first-order valence-electron chi connectivity index (χ1n) is 8.32. The van der Waals surface area contributed by atoms with Gasteiger partial charge in [0, 0.05) is 11.5 Å². The maximum absolute atomic E-state index is 12.8. The molecule has 0 saturated carbocycles. The summed E-state index contributed by atoms with van der Waals surface area (Å²) in [5.74, 6) is 1.61. The molecule has 0 aliphatic heterocycles. The smallest absolute Gasteiger partial charge is 0.257 e. The van der Waals surface area contributed by atoms with Crippen molar-refractivity contribution in [2.24, 2.45) is 0 Å². The Labute approximate surface area is 156 Å². The Morgan fingerprint density at radius 3 is 2.65 bits per heavy atom. The molecular formula is C18H20ClN5O2. The van der Waals surface area contributed by atoms with Crippen LogP contribution in [0.15, 0.2) is 28.8 Å². The number of amides is 1. The molecule has 1 amide bonds. The highest BCUT2D eigenvalue weighted by atomic mass is 35.5. The minimum Gasteiger partial charge on any atom is -0.360 e. The molecule has 7 nitrogen and oxygen atoms in total. The van der Waals surface area contributed by atoms with Gasteiger partial charge in [0.25, 0.3) is 5.91 Å². The van der Waals surface area contributed by atoms with E-state index >= 15 is 0 Å². The van der Waals surface area contributed by atoms with Crippen LogP contribution in [0.25, 0.3) is 11.3 Å². The normalized spacial score (nSPS) is 12.4. The van der Waals surface area contributed by atoms with Crippen molar-refractivity contribution >= 4 is 17.5 Å². The van der Waals surface area contributed by atoms with E-state index in [1.165, 1.54) is 0 Å². The van der Waals surface area contributed by atoms with E-state index in [2.05, 4.69) is 25.7 Å². The lowest BCUT2D eigenvalue weighted by Crippen LogP contribution is -2.28. The van der Waals surface area contributed by atoms with Crippen molar-refractivity contribution in [1.82, 2.24) is 25.7 Å². The predicted octanol–water partition coefficient (Wildman–Crippen LogP) is 4.04. The molecule has 0 aliphatic rings. The van der Waals surface area contributed by atoms with Gasteiger partial charge in [-0.25, -0.2) is 4.98 Å². The van der Waals surface area contributed by atoms with E-state index in [0.717, 1.165) is 0 Å². The number of hydrogen-bond donors (Lipinski definition) is 2. The molecule has 0 saturated heterocycles. The molecule has 3 aromatic rings. The molecule has 26 heavy (non-hydrogen) atoms. The van der Waals surface area contributed by atoms with Gasteiger partial charge in [0.1, 0.15) is 22.8 Å². The molecule has 2 aromatic heterocycles. The number of hydrogen-bond acceptors (Lipinski definition) is 5. The Kier molecular flexibility index (Phi) is 5.08. The molecule has 1 unspecified atom stereocenters. The third kappa shape index (κ3) is 3.48. The Hall–Kier alpha value is -2.67. The second kappa shape index (κ2) is 7.29. The average molecular weight is 374 g/mol. The number of nitrogens with one attached hydrogen (secondary N) is 2. The van der Waals surface area contributed by atoms with Gasteiger partial charge in [-0.15, -0.1) is 0 Å². The zero-order chi connectivity index (χ0) is 18.8. The Morgan fingerprint density at radius 2 is 2.00 bits per heavy atom. The van der Waals surface area contributed by atoms with Crippen LogP contribution in [0.2, 0.25) is 5.02 Å². The highest BCUT2D eigenvalue weighted by Gasteiger charge is 2.25. The lowest BCUT2D eigenvalue weighted by atomic mass is 10.1. The van der Waals surface area contributed by atoms with Gasteiger partial charge in [0.15, 0.2) is 5.82 Å². The van der Waals surface area contributed by atoms with Gasteiger partial charge in [-0.05, 0) is 19.9 Å². The fraction of sp³-hybridized carbons (Fsp3) is 0.333. The molecule has 1 aromatic carbocycles. The second-order valence-electron chi connectivity index (χ2n) is 6.37. The number of aryl methyl sites for hydroxylation is 1. The molecule has 2 N–H and O–H groups in total. The first-order chi connectivity index (χ1) is 12.4. The minimum absolute atomic E-state index is 0.204. The van der Waals surface area contributed by atoms with Gasteiger partial charge in [-0.2, -0.15) is 5.10 Å². The van der Waals surface area contributed by atoms with Gasteiger partial charge >= 0.3 is 0 Å². The number of aromatic nitrogens is 4. The number of carbonyl (C=O) groups is 1. The summed E-state index contributed by atoms with van der Waals surface area (Å²) >= 11 is 6.24. The minimum atomic E-state index is -0.351. The summed E-state index contributed by atoms with van der Waals surface area (Å²) in [7, 11) is 0. The molecule has 0 bridgehead atoms. The quantitative estimate of drug-likeness (QED) is 0.703. The fourth-order valence-electron chi connectivity index (χ4n) is 2.55.